The molecule has 6 nitrogen and oxygen atoms in total. The first-order chi connectivity index (χ1) is 11.5. The normalized spacial score (nSPS) is 10.8. The minimum absolute atomic E-state index is 0.0557. The van der Waals surface area contributed by atoms with Crippen LogP contribution >= 0.6 is 11.6 Å². The monoisotopic (exact) mass is 343 g/mol. The Morgan fingerprint density at radius 3 is 2.71 bits per heavy atom. The van der Waals surface area contributed by atoms with Crippen LogP contribution in [0.15, 0.2) is 48.9 Å². The molecule has 1 aromatic carbocycles. The molecule has 0 aliphatic carbocycles. The summed E-state index contributed by atoms with van der Waals surface area (Å²) in [7, 11) is 1.78. The largest absolute Gasteiger partial charge is 0.340 e. The van der Waals surface area contributed by atoms with Gasteiger partial charge in [-0.1, -0.05) is 11.6 Å². The van der Waals surface area contributed by atoms with Gasteiger partial charge >= 0.3 is 0 Å². The number of aryl methyl sites for hydroxylation is 1. The summed E-state index contributed by atoms with van der Waals surface area (Å²) in [5.74, 6) is -0.0557. The van der Waals surface area contributed by atoms with Crippen molar-refractivity contribution in [3.05, 3.63) is 65.2 Å². The van der Waals surface area contributed by atoms with Crippen molar-refractivity contribution < 1.29 is 4.79 Å². The summed E-state index contributed by atoms with van der Waals surface area (Å²) in [6.45, 7) is 3.06. The standard InChI is InChI=1S/C17H18ClN5O/c1-13-16(12-23(20-13)15-6-4-14(18)5-7-15)17(24)21(2)10-11-22-9-3-8-19-22/h3-9,12H,10-11H2,1-2H3. The van der Waals surface area contributed by atoms with Gasteiger partial charge in [0.1, 0.15) is 0 Å². The van der Waals surface area contributed by atoms with Gasteiger partial charge in [0, 0.05) is 37.2 Å². The van der Waals surface area contributed by atoms with Gasteiger partial charge in [-0.15, -0.1) is 0 Å². The second-order valence-electron chi connectivity index (χ2n) is 5.55. The molecule has 0 atom stereocenters. The molecule has 0 spiro atoms. The number of nitrogens with zero attached hydrogens (tertiary/aromatic N) is 5. The molecular weight excluding hydrogens is 326 g/mol. The van der Waals surface area contributed by atoms with Crippen LogP contribution in [0.1, 0.15) is 16.1 Å². The van der Waals surface area contributed by atoms with Crippen LogP contribution in [0.4, 0.5) is 0 Å². The average molecular weight is 344 g/mol. The van der Waals surface area contributed by atoms with Gasteiger partial charge < -0.3 is 4.90 Å². The first-order valence-corrected chi connectivity index (χ1v) is 7.97. The van der Waals surface area contributed by atoms with E-state index in [9.17, 15) is 4.79 Å². The highest BCUT2D eigenvalue weighted by atomic mass is 35.5. The van der Waals surface area contributed by atoms with Gasteiger partial charge in [-0.05, 0) is 37.3 Å². The Morgan fingerprint density at radius 2 is 2.04 bits per heavy atom. The maximum absolute atomic E-state index is 12.6. The zero-order valence-electron chi connectivity index (χ0n) is 13.6. The molecule has 2 aromatic heterocycles. The third-order valence-electron chi connectivity index (χ3n) is 3.79. The third-order valence-corrected chi connectivity index (χ3v) is 4.04. The summed E-state index contributed by atoms with van der Waals surface area (Å²) in [6, 6.07) is 9.19. The van der Waals surface area contributed by atoms with Crippen molar-refractivity contribution in [2.24, 2.45) is 0 Å². The fourth-order valence-electron chi connectivity index (χ4n) is 2.39. The molecule has 0 saturated carbocycles. The van der Waals surface area contributed by atoms with Crippen LogP contribution in [0.3, 0.4) is 0 Å². The molecule has 7 heteroatoms. The molecule has 3 rings (SSSR count). The highest BCUT2D eigenvalue weighted by molar-refractivity contribution is 6.30. The quantitative estimate of drug-likeness (QED) is 0.715. The maximum atomic E-state index is 12.6. The molecule has 2 heterocycles. The van der Waals surface area contributed by atoms with E-state index in [1.807, 2.05) is 31.3 Å². The van der Waals surface area contributed by atoms with E-state index in [2.05, 4.69) is 10.2 Å². The molecule has 0 aliphatic heterocycles. The van der Waals surface area contributed by atoms with Crippen LogP contribution < -0.4 is 0 Å². The van der Waals surface area contributed by atoms with Crippen LogP contribution in [0.2, 0.25) is 5.02 Å². The number of carbonyl (C=O) groups excluding carboxylic acids is 1. The number of aromatic nitrogens is 4. The SMILES string of the molecule is Cc1nn(-c2ccc(Cl)cc2)cc1C(=O)N(C)CCn1cccn1. The first kappa shape index (κ1) is 16.3. The van der Waals surface area contributed by atoms with Crippen molar-refractivity contribution in [3.8, 4) is 5.69 Å². The van der Waals surface area contributed by atoms with E-state index in [0.29, 0.717) is 29.4 Å². The maximum Gasteiger partial charge on any atom is 0.257 e. The van der Waals surface area contributed by atoms with Crippen molar-refractivity contribution in [3.63, 3.8) is 0 Å². The second kappa shape index (κ2) is 6.88. The number of hydrogen-bond donors (Lipinski definition) is 0. The molecule has 0 N–H and O–H groups in total. The van der Waals surface area contributed by atoms with Crippen LogP contribution in [0, 0.1) is 6.92 Å². The van der Waals surface area contributed by atoms with Crippen molar-refractivity contribution >= 4 is 17.5 Å². The summed E-state index contributed by atoms with van der Waals surface area (Å²) >= 11 is 5.91. The predicted molar refractivity (Wildman–Crippen MR) is 92.5 cm³/mol. The summed E-state index contributed by atoms with van der Waals surface area (Å²) in [5, 5.41) is 9.24. The Hall–Kier alpha value is -2.60. The Morgan fingerprint density at radius 1 is 1.29 bits per heavy atom. The minimum atomic E-state index is -0.0557. The molecule has 0 bridgehead atoms. The summed E-state index contributed by atoms with van der Waals surface area (Å²) in [6.07, 6.45) is 5.36. The number of hydrogen-bond acceptors (Lipinski definition) is 3. The lowest BCUT2D eigenvalue weighted by atomic mass is 10.2. The van der Waals surface area contributed by atoms with Gasteiger partial charge in [-0.25, -0.2) is 4.68 Å². The Kier molecular flexibility index (Phi) is 4.66. The zero-order chi connectivity index (χ0) is 17.1. The molecule has 0 fully saturated rings. The zero-order valence-corrected chi connectivity index (χ0v) is 14.3. The molecule has 0 saturated heterocycles. The van der Waals surface area contributed by atoms with E-state index >= 15 is 0 Å². The van der Waals surface area contributed by atoms with Crippen molar-refractivity contribution in [1.82, 2.24) is 24.5 Å². The molecular formula is C17H18ClN5O. The van der Waals surface area contributed by atoms with E-state index in [4.69, 9.17) is 11.6 Å². The van der Waals surface area contributed by atoms with Crippen molar-refractivity contribution in [2.75, 3.05) is 13.6 Å². The van der Waals surface area contributed by atoms with Crippen LogP contribution in [-0.2, 0) is 6.54 Å². The fourth-order valence-corrected chi connectivity index (χ4v) is 2.51. The predicted octanol–water partition coefficient (Wildman–Crippen LogP) is 2.80. The summed E-state index contributed by atoms with van der Waals surface area (Å²) in [5.41, 5.74) is 2.15. The first-order valence-electron chi connectivity index (χ1n) is 7.59. The lowest BCUT2D eigenvalue weighted by molar-refractivity contribution is 0.0788. The van der Waals surface area contributed by atoms with Gasteiger partial charge in [0.2, 0.25) is 0 Å². The number of benzene rings is 1. The number of rotatable bonds is 5. The van der Waals surface area contributed by atoms with Crippen molar-refractivity contribution in [2.45, 2.75) is 13.5 Å². The third kappa shape index (κ3) is 3.49. The van der Waals surface area contributed by atoms with Crippen LogP contribution in [-0.4, -0.2) is 44.0 Å². The molecule has 0 radical (unpaired) electrons. The van der Waals surface area contributed by atoms with Crippen LogP contribution in [0.5, 0.6) is 0 Å². The van der Waals surface area contributed by atoms with E-state index in [-0.39, 0.29) is 5.91 Å². The summed E-state index contributed by atoms with van der Waals surface area (Å²) in [4.78, 5) is 14.3. The smallest absolute Gasteiger partial charge is 0.257 e. The van der Waals surface area contributed by atoms with E-state index in [0.717, 1.165) is 5.69 Å². The summed E-state index contributed by atoms with van der Waals surface area (Å²) < 4.78 is 3.49. The van der Waals surface area contributed by atoms with Gasteiger partial charge in [0.25, 0.3) is 5.91 Å². The van der Waals surface area contributed by atoms with Crippen LogP contribution in [0.25, 0.3) is 5.69 Å². The molecule has 1 amide bonds. The Balaban J connectivity index is 1.73. The number of halogens is 1. The molecule has 124 valence electrons. The molecule has 0 aliphatic rings. The Bertz CT molecular complexity index is 823. The molecule has 24 heavy (non-hydrogen) atoms. The van der Waals surface area contributed by atoms with Gasteiger partial charge in [0.05, 0.1) is 23.5 Å². The second-order valence-corrected chi connectivity index (χ2v) is 5.98. The lowest BCUT2D eigenvalue weighted by Crippen LogP contribution is -2.30. The molecule has 3 aromatic rings. The average Bonchev–Trinajstić information content (AvgIpc) is 3.22. The number of carbonyl (C=O) groups is 1. The minimum Gasteiger partial charge on any atom is -0.340 e. The van der Waals surface area contributed by atoms with Crippen molar-refractivity contribution in [1.29, 1.82) is 0 Å². The van der Waals surface area contributed by atoms with Gasteiger partial charge in [0.15, 0.2) is 0 Å². The van der Waals surface area contributed by atoms with E-state index in [1.165, 1.54) is 0 Å². The topological polar surface area (TPSA) is 56.0 Å². The van der Waals surface area contributed by atoms with E-state index < -0.39 is 0 Å². The van der Waals surface area contributed by atoms with E-state index in [1.54, 1.807) is 45.8 Å². The fraction of sp³-hybridized carbons (Fsp3) is 0.235. The number of amides is 1. The molecule has 0 unspecified atom stereocenters. The lowest BCUT2D eigenvalue weighted by Gasteiger charge is -2.16. The highest BCUT2D eigenvalue weighted by Gasteiger charge is 2.18. The van der Waals surface area contributed by atoms with Gasteiger partial charge in [-0.3, -0.25) is 9.48 Å². The Labute approximate surface area is 145 Å². The highest BCUT2D eigenvalue weighted by Crippen LogP contribution is 2.16. The number of likely N-dealkylation sites (N-methyl/N-ethyl adjacent to an activating group) is 1. The van der Waals surface area contributed by atoms with Gasteiger partial charge in [-0.2, -0.15) is 10.2 Å².